The number of nitrogen functional groups attached to an aromatic ring is 1. The van der Waals surface area contributed by atoms with Gasteiger partial charge in [-0.1, -0.05) is 11.8 Å². The van der Waals surface area contributed by atoms with Crippen LogP contribution >= 0.6 is 11.8 Å². The largest absolute Gasteiger partial charge is 0.384 e. The van der Waals surface area contributed by atoms with Gasteiger partial charge in [0.05, 0.1) is 18.2 Å². The lowest BCUT2D eigenvalue weighted by atomic mass is 10.4. The zero-order valence-electron chi connectivity index (χ0n) is 9.43. The fourth-order valence-corrected chi connectivity index (χ4v) is 1.81. The maximum atomic E-state index is 11.3. The van der Waals surface area contributed by atoms with Gasteiger partial charge < -0.3 is 11.1 Å². The third kappa shape index (κ3) is 5.17. The standard InChI is InChI=1S/C10H13N5OS/c1-7-5-8(12)15-10(14-7)17-6-9(16)13-4-2-3-11/h5H,2,4,6H2,1H3,(H,13,16)(H2,12,14,15). The zero-order chi connectivity index (χ0) is 12.7. The lowest BCUT2D eigenvalue weighted by molar-refractivity contribution is -0.118. The molecule has 17 heavy (non-hydrogen) atoms. The van der Waals surface area contributed by atoms with E-state index in [0.717, 1.165) is 5.69 Å². The van der Waals surface area contributed by atoms with Crippen LogP contribution in [0.25, 0.3) is 0 Å². The Balaban J connectivity index is 2.39. The number of thioether (sulfide) groups is 1. The number of carbonyl (C=O) groups excluding carboxylic acids is 1. The molecule has 0 spiro atoms. The number of nitrogens with two attached hydrogens (primary N) is 1. The third-order valence-electron chi connectivity index (χ3n) is 1.74. The first-order valence-corrected chi connectivity index (χ1v) is 5.98. The summed E-state index contributed by atoms with van der Waals surface area (Å²) in [6.07, 6.45) is 0.310. The van der Waals surface area contributed by atoms with Gasteiger partial charge in [0.1, 0.15) is 5.82 Å². The van der Waals surface area contributed by atoms with Crippen LogP contribution in [-0.2, 0) is 4.79 Å². The van der Waals surface area contributed by atoms with Crippen LogP contribution < -0.4 is 11.1 Å². The average Bonchev–Trinajstić information content (AvgIpc) is 2.25. The van der Waals surface area contributed by atoms with E-state index in [4.69, 9.17) is 11.0 Å². The molecule has 7 heteroatoms. The predicted molar refractivity (Wildman–Crippen MR) is 65.1 cm³/mol. The summed E-state index contributed by atoms with van der Waals surface area (Å²) < 4.78 is 0. The van der Waals surface area contributed by atoms with Crippen molar-refractivity contribution in [3.05, 3.63) is 11.8 Å². The quantitative estimate of drug-likeness (QED) is 0.448. The number of aromatic nitrogens is 2. The van der Waals surface area contributed by atoms with Crippen LogP contribution in [0.2, 0.25) is 0 Å². The SMILES string of the molecule is Cc1cc(N)nc(SCC(=O)NCCC#N)n1. The molecule has 0 bridgehead atoms. The number of anilines is 1. The lowest BCUT2D eigenvalue weighted by Crippen LogP contribution is -2.26. The van der Waals surface area contributed by atoms with E-state index < -0.39 is 0 Å². The third-order valence-corrected chi connectivity index (χ3v) is 2.59. The first-order chi connectivity index (χ1) is 8.11. The molecule has 1 amide bonds. The van der Waals surface area contributed by atoms with Gasteiger partial charge in [0.2, 0.25) is 5.91 Å². The summed E-state index contributed by atoms with van der Waals surface area (Å²) in [6, 6.07) is 3.61. The minimum Gasteiger partial charge on any atom is -0.384 e. The molecule has 0 radical (unpaired) electrons. The van der Waals surface area contributed by atoms with Crippen LogP contribution in [0.15, 0.2) is 11.2 Å². The molecule has 1 heterocycles. The Hall–Kier alpha value is -1.81. The number of rotatable bonds is 5. The van der Waals surface area contributed by atoms with E-state index in [-0.39, 0.29) is 11.7 Å². The number of aryl methyl sites for hydroxylation is 1. The van der Waals surface area contributed by atoms with E-state index in [0.29, 0.717) is 23.9 Å². The number of hydrogen-bond acceptors (Lipinski definition) is 6. The summed E-state index contributed by atoms with van der Waals surface area (Å²) >= 11 is 1.22. The number of carbonyl (C=O) groups is 1. The van der Waals surface area contributed by atoms with Gasteiger partial charge in [0.15, 0.2) is 5.16 Å². The molecule has 3 N–H and O–H groups in total. The van der Waals surface area contributed by atoms with Crippen LogP contribution in [0.4, 0.5) is 5.82 Å². The van der Waals surface area contributed by atoms with Gasteiger partial charge in [-0.3, -0.25) is 4.79 Å². The van der Waals surface area contributed by atoms with Crippen molar-refractivity contribution >= 4 is 23.5 Å². The number of nitrogens with one attached hydrogen (secondary N) is 1. The van der Waals surface area contributed by atoms with Crippen molar-refractivity contribution in [1.82, 2.24) is 15.3 Å². The van der Waals surface area contributed by atoms with Crippen molar-refractivity contribution in [3.63, 3.8) is 0 Å². The Morgan fingerprint density at radius 2 is 2.41 bits per heavy atom. The monoisotopic (exact) mass is 251 g/mol. The van der Waals surface area contributed by atoms with Gasteiger partial charge >= 0.3 is 0 Å². The highest BCUT2D eigenvalue weighted by molar-refractivity contribution is 7.99. The first-order valence-electron chi connectivity index (χ1n) is 4.99. The van der Waals surface area contributed by atoms with E-state index in [2.05, 4.69) is 15.3 Å². The van der Waals surface area contributed by atoms with E-state index in [1.165, 1.54) is 11.8 Å². The maximum absolute atomic E-state index is 11.3. The van der Waals surface area contributed by atoms with Crippen molar-refractivity contribution in [2.75, 3.05) is 18.0 Å². The molecule has 0 aromatic carbocycles. The first kappa shape index (κ1) is 13.3. The molecule has 1 aromatic heterocycles. The van der Waals surface area contributed by atoms with Crippen LogP contribution in [0.5, 0.6) is 0 Å². The van der Waals surface area contributed by atoms with Crippen molar-refractivity contribution in [2.24, 2.45) is 0 Å². The fourth-order valence-electron chi connectivity index (χ4n) is 1.07. The van der Waals surface area contributed by atoms with Crippen LogP contribution in [0.3, 0.4) is 0 Å². The smallest absolute Gasteiger partial charge is 0.230 e. The number of nitriles is 1. The minimum atomic E-state index is -0.145. The minimum absolute atomic E-state index is 0.145. The fraction of sp³-hybridized carbons (Fsp3) is 0.400. The molecule has 0 fully saturated rings. The normalized spacial score (nSPS) is 9.65. The summed E-state index contributed by atoms with van der Waals surface area (Å²) in [6.45, 7) is 2.18. The van der Waals surface area contributed by atoms with Gasteiger partial charge in [-0.05, 0) is 6.92 Å². The summed E-state index contributed by atoms with van der Waals surface area (Å²) in [4.78, 5) is 19.5. The predicted octanol–water partition coefficient (Wildman–Crippen LogP) is 0.489. The highest BCUT2D eigenvalue weighted by Crippen LogP contribution is 2.14. The molecule has 0 unspecified atom stereocenters. The number of hydrogen-bond donors (Lipinski definition) is 2. The Kier molecular flexibility index (Phi) is 5.23. The molecule has 1 aromatic rings. The number of nitrogens with zero attached hydrogens (tertiary/aromatic N) is 3. The highest BCUT2D eigenvalue weighted by atomic mass is 32.2. The topological polar surface area (TPSA) is 105 Å². The van der Waals surface area contributed by atoms with Gasteiger partial charge in [-0.15, -0.1) is 0 Å². The highest BCUT2D eigenvalue weighted by Gasteiger charge is 2.05. The number of amides is 1. The van der Waals surface area contributed by atoms with Crippen molar-refractivity contribution in [3.8, 4) is 6.07 Å². The Morgan fingerprint density at radius 3 is 3.06 bits per heavy atom. The van der Waals surface area contributed by atoms with E-state index in [1.807, 2.05) is 13.0 Å². The summed E-state index contributed by atoms with van der Waals surface area (Å²) in [5.74, 6) is 0.465. The van der Waals surface area contributed by atoms with E-state index >= 15 is 0 Å². The second kappa shape index (κ2) is 6.70. The summed E-state index contributed by atoms with van der Waals surface area (Å²) in [5, 5.41) is 11.4. The van der Waals surface area contributed by atoms with Gasteiger partial charge in [-0.25, -0.2) is 9.97 Å². The molecule has 0 aliphatic heterocycles. The molecule has 0 saturated heterocycles. The molecule has 0 aliphatic rings. The van der Waals surface area contributed by atoms with Crippen LogP contribution in [0.1, 0.15) is 12.1 Å². The lowest BCUT2D eigenvalue weighted by Gasteiger charge is -2.03. The molecule has 90 valence electrons. The molecule has 0 aliphatic carbocycles. The molecule has 1 rings (SSSR count). The second-order valence-corrected chi connectivity index (χ2v) is 4.21. The van der Waals surface area contributed by atoms with E-state index in [1.54, 1.807) is 6.07 Å². The molecule has 0 saturated carbocycles. The van der Waals surface area contributed by atoms with Crippen LogP contribution in [-0.4, -0.2) is 28.2 Å². The molecular weight excluding hydrogens is 238 g/mol. The maximum Gasteiger partial charge on any atom is 0.230 e. The Labute approximate surface area is 104 Å². The molecule has 6 nitrogen and oxygen atoms in total. The molecular formula is C10H13N5OS. The summed E-state index contributed by atoms with van der Waals surface area (Å²) in [7, 11) is 0. The van der Waals surface area contributed by atoms with Crippen LogP contribution in [0, 0.1) is 18.3 Å². The Bertz CT molecular complexity index is 423. The zero-order valence-corrected chi connectivity index (χ0v) is 10.3. The second-order valence-electron chi connectivity index (χ2n) is 3.26. The summed E-state index contributed by atoms with van der Waals surface area (Å²) in [5.41, 5.74) is 6.33. The average molecular weight is 251 g/mol. The van der Waals surface area contributed by atoms with Gasteiger partial charge in [0.25, 0.3) is 0 Å². The van der Waals surface area contributed by atoms with Gasteiger partial charge in [0, 0.05) is 18.3 Å². The van der Waals surface area contributed by atoms with Crippen molar-refractivity contribution in [2.45, 2.75) is 18.5 Å². The van der Waals surface area contributed by atoms with Crippen molar-refractivity contribution in [1.29, 1.82) is 5.26 Å². The van der Waals surface area contributed by atoms with E-state index in [9.17, 15) is 4.79 Å². The Morgan fingerprint density at radius 1 is 1.65 bits per heavy atom. The van der Waals surface area contributed by atoms with Gasteiger partial charge in [-0.2, -0.15) is 5.26 Å². The van der Waals surface area contributed by atoms with Crippen molar-refractivity contribution < 1.29 is 4.79 Å². The molecule has 0 atom stereocenters.